The predicted molar refractivity (Wildman–Crippen MR) is 134 cm³/mol. The Balaban J connectivity index is 1.54. The predicted octanol–water partition coefficient (Wildman–Crippen LogP) is 6.19. The van der Waals surface area contributed by atoms with Gasteiger partial charge in [-0.15, -0.1) is 0 Å². The molecule has 5 rings (SSSR count). The maximum Gasteiger partial charge on any atom is 0.0623 e. The quantitative estimate of drug-likeness (QED) is 0.437. The average molecular weight is 461 g/mol. The number of rotatable bonds is 1. The van der Waals surface area contributed by atoms with Crippen molar-refractivity contribution in [1.29, 1.82) is 0 Å². The molecule has 3 heteroatoms. The van der Waals surface area contributed by atoms with E-state index in [2.05, 4.69) is 41.5 Å². The lowest BCUT2D eigenvalue weighted by atomic mass is 9.31. The zero-order chi connectivity index (χ0) is 24.4. The zero-order valence-corrected chi connectivity index (χ0v) is 22.7. The first-order valence-electron chi connectivity index (χ1n) is 14.1. The first kappa shape index (κ1) is 24.6. The summed E-state index contributed by atoms with van der Waals surface area (Å²) >= 11 is 0. The molecule has 11 unspecified atom stereocenters. The summed E-state index contributed by atoms with van der Waals surface area (Å²) in [6.07, 6.45) is 9.65. The molecule has 0 aromatic heterocycles. The average Bonchev–Trinajstić information content (AvgIpc) is 3.05. The van der Waals surface area contributed by atoms with Gasteiger partial charge < -0.3 is 15.3 Å². The maximum atomic E-state index is 11.8. The van der Waals surface area contributed by atoms with E-state index in [0.717, 1.165) is 32.1 Å². The van der Waals surface area contributed by atoms with Crippen molar-refractivity contribution in [1.82, 2.24) is 0 Å². The van der Waals surface area contributed by atoms with Gasteiger partial charge >= 0.3 is 0 Å². The van der Waals surface area contributed by atoms with Crippen LogP contribution >= 0.6 is 0 Å². The Morgan fingerprint density at radius 2 is 1.24 bits per heavy atom. The molecule has 33 heavy (non-hydrogen) atoms. The van der Waals surface area contributed by atoms with E-state index < -0.39 is 5.60 Å². The molecule has 0 aliphatic heterocycles. The second-order valence-corrected chi connectivity index (χ2v) is 15.6. The lowest BCUT2D eigenvalue weighted by Gasteiger charge is -2.73. The summed E-state index contributed by atoms with van der Waals surface area (Å²) in [6.45, 7) is 18.8. The normalized spacial score (nSPS) is 58.1. The van der Waals surface area contributed by atoms with E-state index in [4.69, 9.17) is 0 Å². The largest absolute Gasteiger partial charge is 0.393 e. The fourth-order valence-corrected chi connectivity index (χ4v) is 12.1. The molecule has 0 aromatic rings. The van der Waals surface area contributed by atoms with Crippen LogP contribution in [-0.4, -0.2) is 33.1 Å². The van der Waals surface area contributed by atoms with E-state index >= 15 is 0 Å². The first-order chi connectivity index (χ1) is 15.0. The monoisotopic (exact) mass is 460 g/mol. The Morgan fingerprint density at radius 1 is 0.667 bits per heavy atom. The van der Waals surface area contributed by atoms with E-state index in [-0.39, 0.29) is 51.1 Å². The van der Waals surface area contributed by atoms with E-state index in [1.54, 1.807) is 0 Å². The van der Waals surface area contributed by atoms with Gasteiger partial charge in [-0.3, -0.25) is 0 Å². The Kier molecular flexibility index (Phi) is 5.21. The van der Waals surface area contributed by atoms with E-state index in [1.807, 2.05) is 13.8 Å². The molecular formula is C30H52O3. The molecule has 5 aliphatic carbocycles. The molecule has 0 bridgehead atoms. The fourth-order valence-electron chi connectivity index (χ4n) is 12.1. The van der Waals surface area contributed by atoms with E-state index in [1.165, 1.54) is 25.7 Å². The Hall–Kier alpha value is -0.120. The van der Waals surface area contributed by atoms with E-state index in [0.29, 0.717) is 17.8 Å². The summed E-state index contributed by atoms with van der Waals surface area (Å²) in [5.41, 5.74) is 0.00601. The Labute approximate surface area is 203 Å². The van der Waals surface area contributed by atoms with Crippen LogP contribution in [0.2, 0.25) is 0 Å². The standard InChI is InChI=1S/C30H52O3/c1-25(2)20-12-16-29(7)21(27(20,5)15-13-23(25)32)9-10-22-28(6)14-11-18(26(3,4)33)24(28)19(31)17-30(22,29)8/h18-24,31-33H,9-17H2,1-8H3. The van der Waals surface area contributed by atoms with Crippen LogP contribution in [0.15, 0.2) is 0 Å². The minimum Gasteiger partial charge on any atom is -0.393 e. The third kappa shape index (κ3) is 2.91. The minimum absolute atomic E-state index is 0.0133. The molecule has 0 radical (unpaired) electrons. The third-order valence-electron chi connectivity index (χ3n) is 13.8. The topological polar surface area (TPSA) is 60.7 Å². The van der Waals surface area contributed by atoms with Crippen LogP contribution < -0.4 is 0 Å². The van der Waals surface area contributed by atoms with Crippen molar-refractivity contribution in [3.8, 4) is 0 Å². The highest BCUT2D eigenvalue weighted by molar-refractivity contribution is 5.21. The van der Waals surface area contributed by atoms with Crippen LogP contribution in [0.1, 0.15) is 113 Å². The van der Waals surface area contributed by atoms with Crippen molar-refractivity contribution in [2.45, 2.75) is 131 Å². The number of hydrogen-bond acceptors (Lipinski definition) is 3. The lowest BCUT2D eigenvalue weighted by molar-refractivity contribution is -0.267. The molecule has 0 heterocycles. The number of aliphatic hydroxyl groups is 3. The summed E-state index contributed by atoms with van der Waals surface area (Å²) in [5, 5.41) is 33.6. The molecule has 5 saturated carbocycles. The van der Waals surface area contributed by atoms with Crippen molar-refractivity contribution in [2.75, 3.05) is 0 Å². The summed E-state index contributed by atoms with van der Waals surface area (Å²) in [5.74, 6) is 2.27. The molecule has 3 nitrogen and oxygen atoms in total. The molecule has 5 fully saturated rings. The van der Waals surface area contributed by atoms with Gasteiger partial charge in [0.05, 0.1) is 17.8 Å². The number of fused-ring (bicyclic) bond motifs is 7. The van der Waals surface area contributed by atoms with Gasteiger partial charge in [-0.2, -0.15) is 0 Å². The summed E-state index contributed by atoms with van der Waals surface area (Å²) < 4.78 is 0. The van der Waals surface area contributed by atoms with Crippen molar-refractivity contribution >= 4 is 0 Å². The van der Waals surface area contributed by atoms with Gasteiger partial charge in [0.2, 0.25) is 0 Å². The Morgan fingerprint density at radius 3 is 1.85 bits per heavy atom. The molecular weight excluding hydrogens is 408 g/mol. The molecule has 0 aromatic carbocycles. The van der Waals surface area contributed by atoms with Gasteiger partial charge in [-0.05, 0) is 128 Å². The molecule has 3 N–H and O–H groups in total. The summed E-state index contributed by atoms with van der Waals surface area (Å²) in [7, 11) is 0. The third-order valence-corrected chi connectivity index (χ3v) is 13.8. The first-order valence-corrected chi connectivity index (χ1v) is 14.1. The van der Waals surface area contributed by atoms with Gasteiger partial charge in [0.15, 0.2) is 0 Å². The second-order valence-electron chi connectivity index (χ2n) is 15.6. The maximum absolute atomic E-state index is 11.8. The molecule has 5 aliphatic rings. The van der Waals surface area contributed by atoms with Gasteiger partial charge in [-0.1, -0.05) is 41.5 Å². The second kappa shape index (κ2) is 7.00. The van der Waals surface area contributed by atoms with Crippen molar-refractivity contribution in [3.63, 3.8) is 0 Å². The van der Waals surface area contributed by atoms with Crippen LogP contribution in [0.25, 0.3) is 0 Å². The number of aliphatic hydroxyl groups excluding tert-OH is 2. The van der Waals surface area contributed by atoms with Gasteiger partial charge in [0, 0.05) is 0 Å². The van der Waals surface area contributed by atoms with Crippen molar-refractivity contribution in [3.05, 3.63) is 0 Å². The Bertz CT molecular complexity index is 799. The summed E-state index contributed by atoms with van der Waals surface area (Å²) in [6, 6.07) is 0. The zero-order valence-electron chi connectivity index (χ0n) is 22.7. The molecule has 0 saturated heterocycles. The number of hydrogen-bond donors (Lipinski definition) is 3. The van der Waals surface area contributed by atoms with Crippen LogP contribution in [0.3, 0.4) is 0 Å². The van der Waals surface area contributed by atoms with Crippen LogP contribution in [0.4, 0.5) is 0 Å². The molecule has 0 amide bonds. The molecule has 190 valence electrons. The molecule has 11 atom stereocenters. The van der Waals surface area contributed by atoms with Gasteiger partial charge in [0.25, 0.3) is 0 Å². The summed E-state index contributed by atoms with van der Waals surface area (Å²) in [4.78, 5) is 0. The van der Waals surface area contributed by atoms with Crippen molar-refractivity contribution in [2.24, 2.45) is 56.7 Å². The highest BCUT2D eigenvalue weighted by Crippen LogP contribution is 2.78. The van der Waals surface area contributed by atoms with Gasteiger partial charge in [0.1, 0.15) is 0 Å². The molecule has 0 spiro atoms. The SMILES string of the molecule is CC(C)(O)C1CCC2(C)C1C(O)CC1(C)C2CCC2C3(C)CCC(O)C(C)(C)C3CCC21C. The van der Waals surface area contributed by atoms with Crippen LogP contribution in [-0.2, 0) is 0 Å². The van der Waals surface area contributed by atoms with E-state index in [9.17, 15) is 15.3 Å². The van der Waals surface area contributed by atoms with Gasteiger partial charge in [-0.25, -0.2) is 0 Å². The fraction of sp³-hybridized carbons (Fsp3) is 1.00. The highest BCUT2D eigenvalue weighted by Gasteiger charge is 2.72. The van der Waals surface area contributed by atoms with Crippen molar-refractivity contribution < 1.29 is 15.3 Å². The smallest absolute Gasteiger partial charge is 0.0623 e. The minimum atomic E-state index is -0.724. The highest BCUT2D eigenvalue weighted by atomic mass is 16.3. The van der Waals surface area contributed by atoms with Crippen LogP contribution in [0, 0.1) is 56.7 Å². The van der Waals surface area contributed by atoms with Crippen LogP contribution in [0.5, 0.6) is 0 Å². The lowest BCUT2D eigenvalue weighted by Crippen LogP contribution is -2.68.